The summed E-state index contributed by atoms with van der Waals surface area (Å²) in [5.41, 5.74) is 2.52. The second-order valence-corrected chi connectivity index (χ2v) is 6.47. The van der Waals surface area contributed by atoms with Gasteiger partial charge >= 0.3 is 0 Å². The predicted molar refractivity (Wildman–Crippen MR) is 106 cm³/mol. The topological polar surface area (TPSA) is 70.2 Å². The SMILES string of the molecule is O=c1ccc(-c2nc(N3CCNCC3)ccc2OCc2ccccc2)c[nH]1. The highest BCUT2D eigenvalue weighted by atomic mass is 16.5. The highest BCUT2D eigenvalue weighted by Gasteiger charge is 2.16. The quantitative estimate of drug-likeness (QED) is 0.729. The van der Waals surface area contributed by atoms with E-state index >= 15 is 0 Å². The summed E-state index contributed by atoms with van der Waals surface area (Å²) in [6, 6.07) is 17.3. The molecule has 27 heavy (non-hydrogen) atoms. The van der Waals surface area contributed by atoms with Gasteiger partial charge < -0.3 is 19.9 Å². The van der Waals surface area contributed by atoms with Gasteiger partial charge in [0.05, 0.1) is 0 Å². The predicted octanol–water partition coefficient (Wildman–Crippen LogP) is 2.43. The molecule has 1 aromatic carbocycles. The Morgan fingerprint density at radius 3 is 2.56 bits per heavy atom. The molecule has 3 aromatic rings. The van der Waals surface area contributed by atoms with Crippen LogP contribution in [-0.4, -0.2) is 36.1 Å². The number of nitrogens with one attached hydrogen (secondary N) is 2. The first-order valence-electron chi connectivity index (χ1n) is 9.12. The van der Waals surface area contributed by atoms with Crippen molar-refractivity contribution in [1.29, 1.82) is 0 Å². The van der Waals surface area contributed by atoms with Crippen molar-refractivity contribution in [3.05, 3.63) is 76.7 Å². The largest absolute Gasteiger partial charge is 0.487 e. The number of pyridine rings is 2. The summed E-state index contributed by atoms with van der Waals surface area (Å²) >= 11 is 0. The van der Waals surface area contributed by atoms with Gasteiger partial charge in [-0.25, -0.2) is 4.98 Å². The third-order valence-corrected chi connectivity index (χ3v) is 4.58. The molecule has 138 valence electrons. The third kappa shape index (κ3) is 4.17. The number of ether oxygens (including phenoxy) is 1. The molecule has 0 atom stereocenters. The van der Waals surface area contributed by atoms with Crippen LogP contribution in [0, 0.1) is 0 Å². The Hall–Kier alpha value is -3.12. The molecule has 0 radical (unpaired) electrons. The molecule has 0 bridgehead atoms. The first kappa shape index (κ1) is 17.3. The van der Waals surface area contributed by atoms with Crippen molar-refractivity contribution in [3.63, 3.8) is 0 Å². The molecule has 0 saturated carbocycles. The van der Waals surface area contributed by atoms with E-state index in [1.807, 2.05) is 42.5 Å². The lowest BCUT2D eigenvalue weighted by atomic mass is 10.1. The van der Waals surface area contributed by atoms with Gasteiger partial charge in [0.15, 0.2) is 0 Å². The van der Waals surface area contributed by atoms with Crippen molar-refractivity contribution in [3.8, 4) is 17.0 Å². The zero-order valence-corrected chi connectivity index (χ0v) is 15.0. The standard InChI is InChI=1S/C21H22N4O2/c26-20-9-6-17(14-23-20)21-18(27-15-16-4-2-1-3-5-16)7-8-19(24-21)25-12-10-22-11-13-25/h1-9,14,22H,10-13,15H2,(H,23,26). The van der Waals surface area contributed by atoms with Crippen LogP contribution < -0.4 is 20.5 Å². The smallest absolute Gasteiger partial charge is 0.247 e. The average Bonchev–Trinajstić information content (AvgIpc) is 2.74. The number of piperazine rings is 1. The molecule has 1 aliphatic rings. The summed E-state index contributed by atoms with van der Waals surface area (Å²) in [7, 11) is 0. The van der Waals surface area contributed by atoms with Crippen LogP contribution in [0.25, 0.3) is 11.3 Å². The van der Waals surface area contributed by atoms with Gasteiger partial charge in [-0.2, -0.15) is 0 Å². The van der Waals surface area contributed by atoms with Gasteiger partial charge in [-0.15, -0.1) is 0 Å². The minimum atomic E-state index is -0.135. The second kappa shape index (κ2) is 8.05. The Labute approximate surface area is 157 Å². The number of hydrogen-bond donors (Lipinski definition) is 2. The number of H-pyrrole nitrogens is 1. The van der Waals surface area contributed by atoms with Gasteiger partial charge in [-0.05, 0) is 23.8 Å². The van der Waals surface area contributed by atoms with Crippen LogP contribution >= 0.6 is 0 Å². The Balaban J connectivity index is 1.66. The molecule has 2 N–H and O–H groups in total. The second-order valence-electron chi connectivity index (χ2n) is 6.47. The van der Waals surface area contributed by atoms with E-state index in [-0.39, 0.29) is 5.56 Å². The van der Waals surface area contributed by atoms with E-state index in [0.29, 0.717) is 12.4 Å². The van der Waals surface area contributed by atoms with E-state index < -0.39 is 0 Å². The Kier molecular flexibility index (Phi) is 5.16. The van der Waals surface area contributed by atoms with Gasteiger partial charge in [0.1, 0.15) is 23.9 Å². The van der Waals surface area contributed by atoms with E-state index in [4.69, 9.17) is 9.72 Å². The normalized spacial score (nSPS) is 14.1. The van der Waals surface area contributed by atoms with Crippen LogP contribution in [0.5, 0.6) is 5.75 Å². The van der Waals surface area contributed by atoms with Gasteiger partial charge in [-0.3, -0.25) is 4.79 Å². The fourth-order valence-electron chi connectivity index (χ4n) is 3.12. The molecule has 1 aliphatic heterocycles. The van der Waals surface area contributed by atoms with Crippen molar-refractivity contribution in [2.45, 2.75) is 6.61 Å². The van der Waals surface area contributed by atoms with E-state index in [9.17, 15) is 4.79 Å². The Morgan fingerprint density at radius 2 is 1.81 bits per heavy atom. The molecule has 1 fully saturated rings. The van der Waals surface area contributed by atoms with Crippen LogP contribution in [-0.2, 0) is 6.61 Å². The van der Waals surface area contributed by atoms with Crippen LogP contribution in [0.3, 0.4) is 0 Å². The van der Waals surface area contributed by atoms with E-state index in [2.05, 4.69) is 15.2 Å². The maximum Gasteiger partial charge on any atom is 0.247 e. The van der Waals surface area contributed by atoms with Crippen LogP contribution in [0.2, 0.25) is 0 Å². The van der Waals surface area contributed by atoms with Gasteiger partial charge in [0.25, 0.3) is 0 Å². The zero-order valence-electron chi connectivity index (χ0n) is 15.0. The number of aromatic nitrogens is 2. The highest BCUT2D eigenvalue weighted by Crippen LogP contribution is 2.30. The minimum Gasteiger partial charge on any atom is -0.487 e. The molecule has 1 saturated heterocycles. The number of nitrogens with zero attached hydrogens (tertiary/aromatic N) is 2. The van der Waals surface area contributed by atoms with Crippen LogP contribution in [0.4, 0.5) is 5.82 Å². The summed E-state index contributed by atoms with van der Waals surface area (Å²) in [5, 5.41) is 3.35. The first-order chi connectivity index (χ1) is 13.3. The zero-order chi connectivity index (χ0) is 18.5. The molecular weight excluding hydrogens is 340 g/mol. The maximum absolute atomic E-state index is 11.4. The fraction of sp³-hybridized carbons (Fsp3) is 0.238. The molecule has 6 nitrogen and oxygen atoms in total. The van der Waals surface area contributed by atoms with Crippen molar-refractivity contribution in [1.82, 2.24) is 15.3 Å². The monoisotopic (exact) mass is 362 g/mol. The van der Waals surface area contributed by atoms with Crippen molar-refractivity contribution < 1.29 is 4.74 Å². The van der Waals surface area contributed by atoms with Gasteiger partial charge in [-0.1, -0.05) is 30.3 Å². The van der Waals surface area contributed by atoms with Gasteiger partial charge in [0.2, 0.25) is 5.56 Å². The van der Waals surface area contributed by atoms with E-state index in [0.717, 1.165) is 48.8 Å². The lowest BCUT2D eigenvalue weighted by Crippen LogP contribution is -2.43. The summed E-state index contributed by atoms with van der Waals surface area (Å²) in [6.07, 6.45) is 1.68. The first-order valence-corrected chi connectivity index (χ1v) is 9.12. The van der Waals surface area contributed by atoms with Crippen molar-refractivity contribution >= 4 is 5.82 Å². The lowest BCUT2D eigenvalue weighted by Gasteiger charge is -2.29. The minimum absolute atomic E-state index is 0.135. The molecule has 0 amide bonds. The van der Waals surface area contributed by atoms with E-state index in [1.165, 1.54) is 6.07 Å². The number of hydrogen-bond acceptors (Lipinski definition) is 5. The van der Waals surface area contributed by atoms with Crippen molar-refractivity contribution in [2.24, 2.45) is 0 Å². The molecule has 0 unspecified atom stereocenters. The molecule has 6 heteroatoms. The van der Waals surface area contributed by atoms with Crippen LogP contribution in [0.1, 0.15) is 5.56 Å². The summed E-state index contributed by atoms with van der Waals surface area (Å²) in [5.74, 6) is 1.62. The maximum atomic E-state index is 11.4. The average molecular weight is 362 g/mol. The van der Waals surface area contributed by atoms with Crippen molar-refractivity contribution in [2.75, 3.05) is 31.1 Å². The number of benzene rings is 1. The summed E-state index contributed by atoms with van der Waals surface area (Å²) < 4.78 is 6.06. The molecule has 3 heterocycles. The molecule has 0 spiro atoms. The molecular formula is C21H22N4O2. The summed E-state index contributed by atoms with van der Waals surface area (Å²) in [6.45, 7) is 4.19. The molecule has 4 rings (SSSR count). The Bertz CT molecular complexity index is 929. The lowest BCUT2D eigenvalue weighted by molar-refractivity contribution is 0.306. The van der Waals surface area contributed by atoms with Gasteiger partial charge in [0, 0.05) is 44.0 Å². The number of aromatic amines is 1. The number of rotatable bonds is 5. The highest BCUT2D eigenvalue weighted by molar-refractivity contribution is 5.68. The van der Waals surface area contributed by atoms with Crippen LogP contribution in [0.15, 0.2) is 65.6 Å². The fourth-order valence-corrected chi connectivity index (χ4v) is 3.12. The summed E-state index contributed by atoms with van der Waals surface area (Å²) in [4.78, 5) is 21.3. The molecule has 2 aromatic heterocycles. The molecule has 0 aliphatic carbocycles. The van der Waals surface area contributed by atoms with E-state index in [1.54, 1.807) is 12.3 Å². The Morgan fingerprint density at radius 1 is 1.00 bits per heavy atom. The third-order valence-electron chi connectivity index (χ3n) is 4.58. The number of anilines is 1.